The van der Waals surface area contributed by atoms with Crippen molar-refractivity contribution in [3.8, 4) is 11.1 Å². The summed E-state index contributed by atoms with van der Waals surface area (Å²) in [5.41, 5.74) is 3.65. The summed E-state index contributed by atoms with van der Waals surface area (Å²) in [6.07, 6.45) is 0.746. The quantitative estimate of drug-likeness (QED) is 0.401. The molecule has 4 rings (SSSR count). The summed E-state index contributed by atoms with van der Waals surface area (Å²) in [6, 6.07) is 39.7. The molecule has 1 nitrogen and oxygen atoms in total. The van der Waals surface area contributed by atoms with Gasteiger partial charge in [0.2, 0.25) is 0 Å². The molecule has 0 saturated heterocycles. The lowest BCUT2D eigenvalue weighted by molar-refractivity contribution is 1.37. The molecule has 0 aliphatic carbocycles. The van der Waals surface area contributed by atoms with Crippen molar-refractivity contribution in [1.82, 2.24) is 0 Å². The molecule has 0 radical (unpaired) electrons. The summed E-state index contributed by atoms with van der Waals surface area (Å²) in [7, 11) is -2.23. The summed E-state index contributed by atoms with van der Waals surface area (Å²) >= 11 is 0. The molecule has 0 aliphatic heterocycles. The molecular formula is C25H22NP. The second-order valence-corrected chi connectivity index (χ2v) is 9.67. The summed E-state index contributed by atoms with van der Waals surface area (Å²) in [5, 5.41) is 11.7. The van der Waals surface area contributed by atoms with E-state index in [4.69, 9.17) is 0 Å². The van der Waals surface area contributed by atoms with Crippen LogP contribution in [0.5, 0.6) is 0 Å². The third-order valence-electron chi connectivity index (χ3n) is 4.87. The van der Waals surface area contributed by atoms with Crippen LogP contribution >= 0.6 is 7.05 Å². The van der Waals surface area contributed by atoms with Gasteiger partial charge in [-0.25, -0.2) is 0 Å². The second kappa shape index (κ2) is 7.78. The molecule has 27 heavy (non-hydrogen) atoms. The predicted molar refractivity (Wildman–Crippen MR) is 117 cm³/mol. The Hall–Kier alpha value is -2.89. The van der Waals surface area contributed by atoms with Crippen LogP contribution in [-0.4, -0.2) is 0 Å². The highest BCUT2D eigenvalue weighted by molar-refractivity contribution is 7.79. The van der Waals surface area contributed by atoms with Gasteiger partial charge in [0.05, 0.1) is 0 Å². The van der Waals surface area contributed by atoms with Crippen molar-refractivity contribution in [3.05, 3.63) is 121 Å². The molecule has 4 aromatic rings. The Balaban J connectivity index is 1.70. The van der Waals surface area contributed by atoms with E-state index in [-0.39, 0.29) is 0 Å². The van der Waals surface area contributed by atoms with Gasteiger partial charge >= 0.3 is 0 Å². The normalized spacial score (nSPS) is 11.3. The predicted octanol–water partition coefficient (Wildman–Crippen LogP) is 6.28. The smallest absolute Gasteiger partial charge is 0.0279 e. The zero-order valence-corrected chi connectivity index (χ0v) is 16.0. The van der Waals surface area contributed by atoms with Gasteiger partial charge < -0.3 is 5.16 Å². The molecule has 0 bridgehead atoms. The molecule has 0 spiro atoms. The van der Waals surface area contributed by atoms with Crippen molar-refractivity contribution in [1.29, 1.82) is 5.16 Å². The molecule has 0 aromatic heterocycles. The Bertz CT molecular complexity index is 996. The van der Waals surface area contributed by atoms with E-state index in [0.29, 0.717) is 0 Å². The van der Waals surface area contributed by atoms with Crippen LogP contribution in [0, 0.1) is 5.16 Å². The van der Waals surface area contributed by atoms with E-state index in [2.05, 4.69) is 72.8 Å². The first kappa shape index (κ1) is 17.5. The highest BCUT2D eigenvalue weighted by Gasteiger charge is 2.22. The molecule has 0 heterocycles. The molecule has 0 aliphatic rings. The van der Waals surface area contributed by atoms with Crippen LogP contribution in [0.25, 0.3) is 11.1 Å². The highest BCUT2D eigenvalue weighted by Crippen LogP contribution is 2.47. The van der Waals surface area contributed by atoms with Gasteiger partial charge in [-0.2, -0.15) is 0 Å². The van der Waals surface area contributed by atoms with Gasteiger partial charge in [0.1, 0.15) is 0 Å². The first-order valence-corrected chi connectivity index (χ1v) is 11.1. The first-order valence-electron chi connectivity index (χ1n) is 9.14. The Morgan fingerprint density at radius 3 is 1.37 bits per heavy atom. The fraction of sp³-hybridized carbons (Fsp3) is 0.0400. The lowest BCUT2D eigenvalue weighted by atomic mass is 10.0. The van der Waals surface area contributed by atoms with Crippen LogP contribution in [0.4, 0.5) is 0 Å². The fourth-order valence-corrected chi connectivity index (χ4v) is 6.19. The van der Waals surface area contributed by atoms with Crippen LogP contribution < -0.4 is 10.6 Å². The van der Waals surface area contributed by atoms with E-state index in [9.17, 15) is 5.16 Å². The molecule has 0 fully saturated rings. The van der Waals surface area contributed by atoms with Gasteiger partial charge in [0.15, 0.2) is 0 Å². The Kier molecular flexibility index (Phi) is 5.05. The Labute approximate surface area is 161 Å². The van der Waals surface area contributed by atoms with Crippen molar-refractivity contribution >= 4 is 17.7 Å². The maximum atomic E-state index is 9.47. The molecule has 4 aromatic carbocycles. The topological polar surface area (TPSA) is 23.9 Å². The molecule has 0 amide bonds. The Morgan fingerprint density at radius 2 is 0.889 bits per heavy atom. The number of nitrogens with one attached hydrogen (secondary N) is 1. The minimum Gasteiger partial charge on any atom is -0.309 e. The van der Waals surface area contributed by atoms with Crippen molar-refractivity contribution in [2.45, 2.75) is 6.16 Å². The second-order valence-electron chi connectivity index (χ2n) is 6.70. The molecule has 1 N–H and O–H groups in total. The highest BCUT2D eigenvalue weighted by atomic mass is 31.2. The van der Waals surface area contributed by atoms with Crippen LogP contribution in [0.15, 0.2) is 115 Å². The average molecular weight is 367 g/mol. The average Bonchev–Trinajstić information content (AvgIpc) is 2.76. The van der Waals surface area contributed by atoms with Crippen LogP contribution in [0.2, 0.25) is 0 Å². The zero-order valence-electron chi connectivity index (χ0n) is 15.1. The standard InChI is InChI=1S/C25H22NP/c26-27(24-12-6-2-7-13-24,25-14-8-3-9-15-25)20-21-16-18-23(19-17-21)22-10-4-1-5-11-22/h1-19,26H,20H2. The number of benzene rings is 4. The lowest BCUT2D eigenvalue weighted by Crippen LogP contribution is -2.17. The van der Waals surface area contributed by atoms with E-state index in [1.54, 1.807) is 0 Å². The summed E-state index contributed by atoms with van der Waals surface area (Å²) in [4.78, 5) is 0. The molecule has 0 saturated carbocycles. The number of rotatable bonds is 5. The zero-order chi connectivity index (χ0) is 18.5. The molecule has 0 atom stereocenters. The van der Waals surface area contributed by atoms with Crippen LogP contribution in [-0.2, 0) is 6.16 Å². The third-order valence-corrected chi connectivity index (χ3v) is 8.07. The summed E-state index contributed by atoms with van der Waals surface area (Å²) in [6.45, 7) is 0. The van der Waals surface area contributed by atoms with E-state index in [1.165, 1.54) is 16.7 Å². The minimum atomic E-state index is -2.23. The molecule has 2 heteroatoms. The first-order chi connectivity index (χ1) is 13.3. The van der Waals surface area contributed by atoms with Crippen molar-refractivity contribution in [2.24, 2.45) is 0 Å². The van der Waals surface area contributed by atoms with Crippen molar-refractivity contribution in [2.75, 3.05) is 0 Å². The van der Waals surface area contributed by atoms with Gasteiger partial charge in [-0.3, -0.25) is 0 Å². The van der Waals surface area contributed by atoms with Gasteiger partial charge in [0, 0.05) is 13.2 Å². The van der Waals surface area contributed by atoms with E-state index in [0.717, 1.165) is 16.8 Å². The fourth-order valence-electron chi connectivity index (χ4n) is 3.40. The van der Waals surface area contributed by atoms with Gasteiger partial charge in [-0.05, 0) is 27.3 Å². The maximum absolute atomic E-state index is 9.47. The lowest BCUT2D eigenvalue weighted by Gasteiger charge is -2.24. The van der Waals surface area contributed by atoms with Crippen molar-refractivity contribution < 1.29 is 0 Å². The number of hydrogen-bond donors (Lipinski definition) is 1. The minimum absolute atomic E-state index is 0.746. The molecule has 132 valence electrons. The van der Waals surface area contributed by atoms with Crippen molar-refractivity contribution in [3.63, 3.8) is 0 Å². The Morgan fingerprint density at radius 1 is 0.481 bits per heavy atom. The SMILES string of the molecule is N=P(Cc1ccc(-c2ccccc2)cc1)(c1ccccc1)c1ccccc1. The number of hydrogen-bond acceptors (Lipinski definition) is 1. The van der Waals surface area contributed by atoms with Gasteiger partial charge in [-0.15, -0.1) is 0 Å². The van der Waals surface area contributed by atoms with Crippen LogP contribution in [0.3, 0.4) is 0 Å². The van der Waals surface area contributed by atoms with Crippen LogP contribution in [0.1, 0.15) is 5.56 Å². The summed E-state index contributed by atoms with van der Waals surface area (Å²) < 4.78 is 0. The third kappa shape index (κ3) is 3.79. The molecular weight excluding hydrogens is 345 g/mol. The monoisotopic (exact) mass is 367 g/mol. The molecule has 0 unspecified atom stereocenters. The van der Waals surface area contributed by atoms with E-state index >= 15 is 0 Å². The van der Waals surface area contributed by atoms with Gasteiger partial charge in [0.25, 0.3) is 0 Å². The van der Waals surface area contributed by atoms with Gasteiger partial charge in [-0.1, -0.05) is 115 Å². The van der Waals surface area contributed by atoms with E-state index < -0.39 is 7.05 Å². The largest absolute Gasteiger partial charge is 0.309 e. The van der Waals surface area contributed by atoms with E-state index in [1.807, 2.05) is 42.5 Å². The summed E-state index contributed by atoms with van der Waals surface area (Å²) in [5.74, 6) is 0. The maximum Gasteiger partial charge on any atom is 0.0279 e.